The van der Waals surface area contributed by atoms with Crippen LogP contribution in [0.3, 0.4) is 0 Å². The maximum Gasteiger partial charge on any atom is 0.324 e. The van der Waals surface area contributed by atoms with Crippen LogP contribution in [0.4, 0.5) is 0 Å². The van der Waals surface area contributed by atoms with Crippen molar-refractivity contribution in [1.82, 2.24) is 4.31 Å². The van der Waals surface area contributed by atoms with E-state index in [0.29, 0.717) is 0 Å². The van der Waals surface area contributed by atoms with E-state index in [2.05, 4.69) is 32.2 Å². The molecule has 0 radical (unpaired) electrons. The highest BCUT2D eigenvalue weighted by atomic mass is 32.2. The molecule has 0 aromatic heterocycles. The number of hydrogen-bond donors (Lipinski definition) is 0. The standard InChI is InChI=1S/C25H33NO4SSi/c1-18-12-14-22(15-13-18)31(28,29)26-16-23(19(2)24(26)25(27)30-4)20(3)32(5,6)17-21-10-8-7-9-11-21/h7-15,19,24H,16-17H2,1-6H3/b23-20-/t19-,24-/m0/s1. The third kappa shape index (κ3) is 4.75. The Balaban J connectivity index is 2.03. The number of ether oxygens (including phenoxy) is 1. The first kappa shape index (κ1) is 24.4. The van der Waals surface area contributed by atoms with Gasteiger partial charge in [0, 0.05) is 12.5 Å². The van der Waals surface area contributed by atoms with Crippen LogP contribution in [-0.2, 0) is 25.6 Å². The Bertz CT molecular complexity index is 1110. The van der Waals surface area contributed by atoms with E-state index in [4.69, 9.17) is 4.74 Å². The monoisotopic (exact) mass is 471 g/mol. The van der Waals surface area contributed by atoms with E-state index in [1.54, 1.807) is 24.3 Å². The minimum atomic E-state index is -3.85. The van der Waals surface area contributed by atoms with Crippen molar-refractivity contribution in [1.29, 1.82) is 0 Å². The molecule has 5 nitrogen and oxygen atoms in total. The van der Waals surface area contributed by atoms with Gasteiger partial charge in [-0.05, 0) is 32.0 Å². The summed E-state index contributed by atoms with van der Waals surface area (Å²) < 4.78 is 33.4. The minimum Gasteiger partial charge on any atom is -0.468 e. The van der Waals surface area contributed by atoms with Crippen molar-refractivity contribution in [2.45, 2.75) is 50.8 Å². The predicted molar refractivity (Wildman–Crippen MR) is 130 cm³/mol. The summed E-state index contributed by atoms with van der Waals surface area (Å²) >= 11 is 0. The third-order valence-corrected chi connectivity index (χ3v) is 12.2. The molecule has 0 amide bonds. The van der Waals surface area contributed by atoms with Gasteiger partial charge in [0.1, 0.15) is 6.04 Å². The van der Waals surface area contributed by atoms with Crippen LogP contribution in [0.2, 0.25) is 13.1 Å². The van der Waals surface area contributed by atoms with Crippen LogP contribution in [0.1, 0.15) is 25.0 Å². The molecule has 0 bridgehead atoms. The normalized spacial score (nSPS) is 21.4. The Kier molecular flexibility index (Phi) is 7.12. The molecule has 172 valence electrons. The number of nitrogens with zero attached hydrogens (tertiary/aromatic N) is 1. The highest BCUT2D eigenvalue weighted by Gasteiger charge is 2.48. The Morgan fingerprint density at radius 1 is 1.09 bits per heavy atom. The number of methoxy groups -OCH3 is 1. The topological polar surface area (TPSA) is 63.7 Å². The molecule has 32 heavy (non-hydrogen) atoms. The molecule has 1 aliphatic rings. The number of carbonyl (C=O) groups is 1. The van der Waals surface area contributed by atoms with Crippen molar-refractivity contribution in [2.24, 2.45) is 5.92 Å². The smallest absolute Gasteiger partial charge is 0.324 e. The van der Waals surface area contributed by atoms with Gasteiger partial charge in [0.25, 0.3) is 0 Å². The summed E-state index contributed by atoms with van der Waals surface area (Å²) in [5.74, 6) is -0.760. The maximum atomic E-state index is 13.5. The molecule has 0 spiro atoms. The lowest BCUT2D eigenvalue weighted by Crippen LogP contribution is -2.43. The van der Waals surface area contributed by atoms with Crippen LogP contribution in [-0.4, -0.2) is 46.5 Å². The number of hydrogen-bond acceptors (Lipinski definition) is 4. The van der Waals surface area contributed by atoms with E-state index >= 15 is 0 Å². The molecule has 0 aliphatic carbocycles. The van der Waals surface area contributed by atoms with Crippen LogP contribution in [0.25, 0.3) is 0 Å². The van der Waals surface area contributed by atoms with Crippen LogP contribution < -0.4 is 0 Å². The summed E-state index contributed by atoms with van der Waals surface area (Å²) in [6.45, 7) is 10.8. The second-order valence-corrected chi connectivity index (χ2v) is 16.1. The van der Waals surface area contributed by atoms with Gasteiger partial charge in [0.15, 0.2) is 0 Å². The summed E-state index contributed by atoms with van der Waals surface area (Å²) in [6.07, 6.45) is 0. The van der Waals surface area contributed by atoms with Crippen LogP contribution in [0.15, 0.2) is 70.3 Å². The second-order valence-electron chi connectivity index (χ2n) is 9.32. The first-order chi connectivity index (χ1) is 15.0. The molecule has 0 saturated carbocycles. The Morgan fingerprint density at radius 2 is 1.69 bits per heavy atom. The van der Waals surface area contributed by atoms with Gasteiger partial charge in [-0.3, -0.25) is 4.79 Å². The average molecular weight is 472 g/mol. The quantitative estimate of drug-likeness (QED) is 0.459. The molecular formula is C25H33NO4SSi. The van der Waals surface area contributed by atoms with Gasteiger partial charge in [-0.15, -0.1) is 0 Å². The van der Waals surface area contributed by atoms with Gasteiger partial charge in [-0.1, -0.05) is 84.4 Å². The lowest BCUT2D eigenvalue weighted by atomic mass is 9.98. The SMILES string of the molecule is COC(=O)[C@@H]1[C@@H](C)/C(=C(/C)[Si](C)(C)Cc2ccccc2)CN1S(=O)(=O)c1ccc(C)cc1. The van der Waals surface area contributed by atoms with Crippen molar-refractivity contribution < 1.29 is 17.9 Å². The Labute approximate surface area is 193 Å². The molecule has 1 saturated heterocycles. The predicted octanol–water partition coefficient (Wildman–Crippen LogP) is 4.52. The van der Waals surface area contributed by atoms with Gasteiger partial charge in [-0.2, -0.15) is 4.31 Å². The van der Waals surface area contributed by atoms with Gasteiger partial charge in [0.05, 0.1) is 20.1 Å². The molecule has 0 N–H and O–H groups in total. The van der Waals surface area contributed by atoms with E-state index < -0.39 is 30.1 Å². The van der Waals surface area contributed by atoms with E-state index in [1.807, 2.05) is 32.0 Å². The second kappa shape index (κ2) is 9.33. The Hall–Kier alpha value is -2.22. The highest BCUT2D eigenvalue weighted by Crippen LogP contribution is 2.38. The zero-order chi connectivity index (χ0) is 23.7. The summed E-state index contributed by atoms with van der Waals surface area (Å²) in [6, 6.07) is 17.2. The number of aryl methyl sites for hydroxylation is 1. The van der Waals surface area contributed by atoms with Crippen molar-refractivity contribution in [3.8, 4) is 0 Å². The number of benzene rings is 2. The fourth-order valence-corrected chi connectivity index (χ4v) is 8.83. The molecule has 2 aromatic carbocycles. The summed E-state index contributed by atoms with van der Waals surface area (Å²) in [5.41, 5.74) is 3.31. The van der Waals surface area contributed by atoms with Gasteiger partial charge < -0.3 is 4.74 Å². The zero-order valence-corrected chi connectivity index (χ0v) is 21.6. The van der Waals surface area contributed by atoms with Crippen molar-refractivity contribution in [2.75, 3.05) is 13.7 Å². The Morgan fingerprint density at radius 3 is 2.25 bits per heavy atom. The van der Waals surface area contributed by atoms with Crippen LogP contribution in [0.5, 0.6) is 0 Å². The highest BCUT2D eigenvalue weighted by molar-refractivity contribution is 7.89. The maximum absolute atomic E-state index is 13.5. The molecule has 7 heteroatoms. The number of esters is 1. The van der Waals surface area contributed by atoms with Gasteiger partial charge in [-0.25, -0.2) is 8.42 Å². The largest absolute Gasteiger partial charge is 0.468 e. The first-order valence-corrected chi connectivity index (χ1v) is 15.5. The first-order valence-electron chi connectivity index (χ1n) is 10.9. The molecule has 1 heterocycles. The van der Waals surface area contributed by atoms with E-state index in [9.17, 15) is 13.2 Å². The van der Waals surface area contributed by atoms with E-state index in [0.717, 1.165) is 17.2 Å². The molecular weight excluding hydrogens is 438 g/mol. The van der Waals surface area contributed by atoms with Gasteiger partial charge >= 0.3 is 5.97 Å². The lowest BCUT2D eigenvalue weighted by Gasteiger charge is -2.27. The van der Waals surface area contributed by atoms with Gasteiger partial charge in [0.2, 0.25) is 10.0 Å². The van der Waals surface area contributed by atoms with Crippen LogP contribution >= 0.6 is 0 Å². The molecule has 3 rings (SSSR count). The molecule has 2 aromatic rings. The molecule has 1 aliphatic heterocycles. The number of allylic oxidation sites excluding steroid dienone is 1. The van der Waals surface area contributed by atoms with Crippen molar-refractivity contribution >= 4 is 24.1 Å². The average Bonchev–Trinajstić information content (AvgIpc) is 3.11. The van der Waals surface area contributed by atoms with Crippen LogP contribution in [0, 0.1) is 12.8 Å². The number of carbonyl (C=O) groups excluding carboxylic acids is 1. The van der Waals surface area contributed by atoms with Crippen molar-refractivity contribution in [3.63, 3.8) is 0 Å². The third-order valence-electron chi connectivity index (χ3n) is 6.72. The fraction of sp³-hybridized carbons (Fsp3) is 0.400. The molecule has 0 unspecified atom stereocenters. The summed E-state index contributed by atoms with van der Waals surface area (Å²) in [4.78, 5) is 12.9. The summed E-state index contributed by atoms with van der Waals surface area (Å²) in [7, 11) is -4.43. The van der Waals surface area contributed by atoms with E-state index in [1.165, 1.54) is 22.2 Å². The number of rotatable bonds is 6. The molecule has 1 fully saturated rings. The van der Waals surface area contributed by atoms with E-state index in [-0.39, 0.29) is 17.4 Å². The minimum absolute atomic E-state index is 0.198. The lowest BCUT2D eigenvalue weighted by molar-refractivity contribution is -0.145. The fourth-order valence-electron chi connectivity index (χ4n) is 4.51. The zero-order valence-electron chi connectivity index (χ0n) is 19.8. The number of sulfonamides is 1. The summed E-state index contributed by atoms with van der Waals surface area (Å²) in [5, 5.41) is 1.25. The molecule has 2 atom stereocenters. The van der Waals surface area contributed by atoms with Crippen molar-refractivity contribution in [3.05, 3.63) is 76.5 Å².